The van der Waals surface area contributed by atoms with Crippen molar-refractivity contribution in [3.05, 3.63) is 63.4 Å². The van der Waals surface area contributed by atoms with Gasteiger partial charge in [0, 0.05) is 15.9 Å². The monoisotopic (exact) mass is 431 g/mol. The summed E-state index contributed by atoms with van der Waals surface area (Å²) in [5.74, 6) is 0.180. The number of hydrogen-bond donors (Lipinski definition) is 2. The molecule has 0 radical (unpaired) electrons. The standard InChI is InChI=1S/C20H18BrNO5/c1-12(10-23)22-19(24)11-26-16-5-2-13(3-6-16)17-9-14-8-15(21)4-7-18(14)27-20(17)25/h2-9,12,23H,10-11H2,1H3,(H,22,24)/t12-/m0/s1. The number of nitrogens with one attached hydrogen (secondary N) is 1. The number of aliphatic hydroxyl groups is 1. The van der Waals surface area contributed by atoms with Gasteiger partial charge in [-0.2, -0.15) is 0 Å². The quantitative estimate of drug-likeness (QED) is 0.585. The van der Waals surface area contributed by atoms with Gasteiger partial charge in [-0.15, -0.1) is 0 Å². The average Bonchev–Trinajstić information content (AvgIpc) is 2.66. The summed E-state index contributed by atoms with van der Waals surface area (Å²) < 4.78 is 11.7. The fraction of sp³-hybridized carbons (Fsp3) is 0.200. The number of hydrogen-bond acceptors (Lipinski definition) is 5. The topological polar surface area (TPSA) is 88.8 Å². The zero-order valence-corrected chi connectivity index (χ0v) is 16.2. The smallest absolute Gasteiger partial charge is 0.344 e. The molecule has 1 atom stereocenters. The molecule has 0 bridgehead atoms. The highest BCUT2D eigenvalue weighted by atomic mass is 79.9. The Labute approximate surface area is 163 Å². The molecule has 7 heteroatoms. The van der Waals surface area contributed by atoms with E-state index < -0.39 is 5.63 Å². The third-order valence-electron chi connectivity index (χ3n) is 3.91. The number of carbonyl (C=O) groups is 1. The molecule has 1 heterocycles. The molecule has 2 aromatic carbocycles. The van der Waals surface area contributed by atoms with E-state index in [1.165, 1.54) is 0 Å². The Morgan fingerprint density at radius 3 is 2.67 bits per heavy atom. The fourth-order valence-corrected chi connectivity index (χ4v) is 2.92. The van der Waals surface area contributed by atoms with E-state index in [1.807, 2.05) is 12.1 Å². The van der Waals surface area contributed by atoms with Crippen molar-refractivity contribution in [2.24, 2.45) is 0 Å². The second-order valence-electron chi connectivity index (χ2n) is 6.09. The van der Waals surface area contributed by atoms with Crippen LogP contribution in [-0.2, 0) is 4.79 Å². The van der Waals surface area contributed by atoms with Crippen LogP contribution >= 0.6 is 15.9 Å². The van der Waals surface area contributed by atoms with Gasteiger partial charge in [0.1, 0.15) is 11.3 Å². The first-order valence-corrected chi connectivity index (χ1v) is 9.12. The Bertz CT molecular complexity index is 1010. The molecule has 0 spiro atoms. The van der Waals surface area contributed by atoms with Crippen LogP contribution in [0.3, 0.4) is 0 Å². The van der Waals surface area contributed by atoms with Crippen molar-refractivity contribution in [1.29, 1.82) is 0 Å². The number of carbonyl (C=O) groups excluding carboxylic acids is 1. The zero-order valence-electron chi connectivity index (χ0n) is 14.6. The van der Waals surface area contributed by atoms with Crippen LogP contribution in [0.2, 0.25) is 0 Å². The second kappa shape index (κ2) is 8.37. The van der Waals surface area contributed by atoms with Gasteiger partial charge >= 0.3 is 5.63 Å². The first kappa shape index (κ1) is 19.1. The molecule has 27 heavy (non-hydrogen) atoms. The van der Waals surface area contributed by atoms with E-state index in [0.29, 0.717) is 22.5 Å². The van der Waals surface area contributed by atoms with Crippen LogP contribution in [0.4, 0.5) is 0 Å². The fourth-order valence-electron chi connectivity index (χ4n) is 2.54. The Morgan fingerprint density at radius 2 is 1.96 bits per heavy atom. The lowest BCUT2D eigenvalue weighted by atomic mass is 10.1. The van der Waals surface area contributed by atoms with Crippen molar-refractivity contribution >= 4 is 32.8 Å². The first-order valence-electron chi connectivity index (χ1n) is 8.33. The summed E-state index contributed by atoms with van der Waals surface area (Å²) in [6.07, 6.45) is 0. The summed E-state index contributed by atoms with van der Waals surface area (Å²) in [6.45, 7) is 1.40. The highest BCUT2D eigenvalue weighted by molar-refractivity contribution is 9.10. The molecule has 6 nitrogen and oxygen atoms in total. The molecule has 2 N–H and O–H groups in total. The van der Waals surface area contributed by atoms with E-state index in [9.17, 15) is 9.59 Å². The van der Waals surface area contributed by atoms with Crippen LogP contribution in [-0.4, -0.2) is 30.3 Å². The summed E-state index contributed by atoms with van der Waals surface area (Å²) in [5.41, 5.74) is 1.24. The van der Waals surface area contributed by atoms with Gasteiger partial charge < -0.3 is 19.6 Å². The van der Waals surface area contributed by atoms with E-state index in [1.54, 1.807) is 43.3 Å². The number of aliphatic hydroxyl groups excluding tert-OH is 1. The normalized spacial score (nSPS) is 12.0. The SMILES string of the molecule is C[C@@H](CO)NC(=O)COc1ccc(-c2cc3cc(Br)ccc3oc2=O)cc1. The van der Waals surface area contributed by atoms with Crippen molar-refractivity contribution in [3.63, 3.8) is 0 Å². The lowest BCUT2D eigenvalue weighted by Crippen LogP contribution is -2.38. The predicted molar refractivity (Wildman–Crippen MR) is 106 cm³/mol. The van der Waals surface area contributed by atoms with Gasteiger partial charge in [0.05, 0.1) is 12.2 Å². The molecule has 0 saturated heterocycles. The highest BCUT2D eigenvalue weighted by Crippen LogP contribution is 2.25. The van der Waals surface area contributed by atoms with Gasteiger partial charge in [0.15, 0.2) is 6.61 Å². The molecule has 1 amide bonds. The van der Waals surface area contributed by atoms with Gasteiger partial charge in [-0.1, -0.05) is 28.1 Å². The number of amides is 1. The third kappa shape index (κ3) is 4.75. The van der Waals surface area contributed by atoms with Crippen LogP contribution in [0, 0.1) is 0 Å². The first-order chi connectivity index (χ1) is 13.0. The molecule has 0 unspecified atom stereocenters. The van der Waals surface area contributed by atoms with Gasteiger partial charge in [-0.25, -0.2) is 4.79 Å². The van der Waals surface area contributed by atoms with E-state index in [2.05, 4.69) is 21.2 Å². The van der Waals surface area contributed by atoms with Crippen LogP contribution in [0.15, 0.2) is 62.2 Å². The maximum Gasteiger partial charge on any atom is 0.344 e. The summed E-state index contributed by atoms with van der Waals surface area (Å²) in [6, 6.07) is 13.7. The minimum atomic E-state index is -0.421. The molecule has 1 aromatic heterocycles. The van der Waals surface area contributed by atoms with Crippen LogP contribution in [0.25, 0.3) is 22.1 Å². The second-order valence-corrected chi connectivity index (χ2v) is 7.01. The molecular formula is C20H18BrNO5. The van der Waals surface area contributed by atoms with Gasteiger partial charge in [0.2, 0.25) is 0 Å². The number of fused-ring (bicyclic) bond motifs is 1. The maximum atomic E-state index is 12.3. The van der Waals surface area contributed by atoms with Crippen molar-refractivity contribution in [3.8, 4) is 16.9 Å². The highest BCUT2D eigenvalue weighted by Gasteiger charge is 2.10. The molecule has 0 saturated carbocycles. The number of ether oxygens (including phenoxy) is 1. The maximum absolute atomic E-state index is 12.3. The van der Waals surface area contributed by atoms with Crippen molar-refractivity contribution < 1.29 is 19.1 Å². The van der Waals surface area contributed by atoms with E-state index >= 15 is 0 Å². The summed E-state index contributed by atoms with van der Waals surface area (Å²) >= 11 is 3.41. The summed E-state index contributed by atoms with van der Waals surface area (Å²) in [4.78, 5) is 23.9. The van der Waals surface area contributed by atoms with Crippen LogP contribution < -0.4 is 15.7 Å². The van der Waals surface area contributed by atoms with Crippen molar-refractivity contribution in [1.82, 2.24) is 5.32 Å². The molecule has 0 aliphatic carbocycles. The molecular weight excluding hydrogens is 414 g/mol. The molecule has 3 rings (SSSR count). The average molecular weight is 432 g/mol. The number of halogens is 1. The lowest BCUT2D eigenvalue weighted by Gasteiger charge is -2.11. The van der Waals surface area contributed by atoms with Crippen LogP contribution in [0.1, 0.15) is 6.92 Å². The Balaban J connectivity index is 1.75. The largest absolute Gasteiger partial charge is 0.484 e. The van der Waals surface area contributed by atoms with Crippen LogP contribution in [0.5, 0.6) is 5.75 Å². The number of benzene rings is 2. The Kier molecular flexibility index (Phi) is 5.93. The summed E-state index contributed by atoms with van der Waals surface area (Å²) in [7, 11) is 0. The molecule has 0 aliphatic rings. The predicted octanol–water partition coefficient (Wildman–Crippen LogP) is 3.10. The summed E-state index contributed by atoms with van der Waals surface area (Å²) in [5, 5.41) is 12.3. The molecule has 3 aromatic rings. The minimum Gasteiger partial charge on any atom is -0.484 e. The Hall–Kier alpha value is -2.64. The van der Waals surface area contributed by atoms with Crippen molar-refractivity contribution in [2.75, 3.05) is 13.2 Å². The van der Waals surface area contributed by atoms with Crippen molar-refractivity contribution in [2.45, 2.75) is 13.0 Å². The lowest BCUT2D eigenvalue weighted by molar-refractivity contribution is -0.123. The van der Waals surface area contributed by atoms with E-state index in [-0.39, 0.29) is 25.2 Å². The van der Waals surface area contributed by atoms with E-state index in [4.69, 9.17) is 14.3 Å². The van der Waals surface area contributed by atoms with Gasteiger partial charge in [-0.05, 0) is 48.9 Å². The molecule has 0 aliphatic heterocycles. The zero-order chi connectivity index (χ0) is 19.4. The van der Waals surface area contributed by atoms with E-state index in [0.717, 1.165) is 9.86 Å². The minimum absolute atomic E-state index is 0.134. The van der Waals surface area contributed by atoms with Gasteiger partial charge in [-0.3, -0.25) is 4.79 Å². The van der Waals surface area contributed by atoms with Gasteiger partial charge in [0.25, 0.3) is 5.91 Å². The molecule has 0 fully saturated rings. The third-order valence-corrected chi connectivity index (χ3v) is 4.40. The number of rotatable bonds is 6. The molecule has 140 valence electrons. The Morgan fingerprint density at radius 1 is 1.22 bits per heavy atom.